The summed E-state index contributed by atoms with van der Waals surface area (Å²) in [5, 5.41) is 6.66. The normalized spacial score (nSPS) is 11.7. The molecule has 0 aliphatic carbocycles. The Morgan fingerprint density at radius 2 is 1.88 bits per heavy atom. The third kappa shape index (κ3) is 4.90. The Labute approximate surface area is 159 Å². The molecule has 5 heteroatoms. The number of benzene rings is 1. The summed E-state index contributed by atoms with van der Waals surface area (Å²) >= 11 is 1.71. The first-order valence-corrected chi connectivity index (χ1v) is 10.1. The van der Waals surface area contributed by atoms with Crippen LogP contribution in [-0.2, 0) is 0 Å². The minimum Gasteiger partial charge on any atom is -0.369 e. The Hall–Kier alpha value is -2.24. The van der Waals surface area contributed by atoms with E-state index in [9.17, 15) is 0 Å². The maximum Gasteiger partial charge on any atom is 0.155 e. The van der Waals surface area contributed by atoms with E-state index in [0.717, 1.165) is 55.1 Å². The lowest BCUT2D eigenvalue weighted by Gasteiger charge is -2.18. The molecule has 1 aromatic carbocycles. The molecule has 3 rings (SSSR count). The summed E-state index contributed by atoms with van der Waals surface area (Å²) in [7, 11) is 0. The Morgan fingerprint density at radius 1 is 1.04 bits per heavy atom. The predicted molar refractivity (Wildman–Crippen MR) is 114 cm³/mol. The summed E-state index contributed by atoms with van der Waals surface area (Å²) < 4.78 is 0. The molecular weight excluding hydrogens is 340 g/mol. The molecule has 26 heavy (non-hydrogen) atoms. The van der Waals surface area contributed by atoms with E-state index in [-0.39, 0.29) is 0 Å². The molecule has 4 nitrogen and oxygen atoms in total. The van der Waals surface area contributed by atoms with Gasteiger partial charge in [-0.05, 0) is 61.8 Å². The van der Waals surface area contributed by atoms with E-state index in [1.807, 2.05) is 24.3 Å². The molecule has 0 bridgehead atoms. The maximum atomic E-state index is 4.74. The number of para-hydroxylation sites is 1. The Balaban J connectivity index is 1.74. The van der Waals surface area contributed by atoms with Crippen LogP contribution in [0.1, 0.15) is 31.0 Å². The highest BCUT2D eigenvalue weighted by molar-refractivity contribution is 7.10. The van der Waals surface area contributed by atoms with E-state index in [0.29, 0.717) is 0 Å². The average Bonchev–Trinajstić information content (AvgIpc) is 3.20. The Morgan fingerprint density at radius 3 is 2.65 bits per heavy atom. The van der Waals surface area contributed by atoms with E-state index in [1.165, 1.54) is 4.88 Å². The number of rotatable bonds is 9. The number of anilines is 1. The molecule has 0 unspecified atom stereocenters. The largest absolute Gasteiger partial charge is 0.369 e. The van der Waals surface area contributed by atoms with E-state index in [4.69, 9.17) is 4.98 Å². The number of nitrogens with one attached hydrogen (secondary N) is 1. The second-order valence-electron chi connectivity index (χ2n) is 6.10. The van der Waals surface area contributed by atoms with Gasteiger partial charge in [0.25, 0.3) is 0 Å². The molecule has 0 radical (unpaired) electrons. The fourth-order valence-corrected chi connectivity index (χ4v) is 3.51. The molecule has 3 aromatic rings. The molecule has 0 fully saturated rings. The smallest absolute Gasteiger partial charge is 0.155 e. The summed E-state index contributed by atoms with van der Waals surface area (Å²) in [6, 6.07) is 12.3. The highest BCUT2D eigenvalue weighted by Gasteiger charge is 2.06. The minimum absolute atomic E-state index is 0.739. The van der Waals surface area contributed by atoms with Crippen LogP contribution < -0.4 is 5.32 Å². The summed E-state index contributed by atoms with van der Waals surface area (Å²) in [5.41, 5.74) is 0.972. The van der Waals surface area contributed by atoms with Crippen molar-refractivity contribution in [2.75, 3.05) is 31.5 Å². The van der Waals surface area contributed by atoms with Crippen LogP contribution in [0.15, 0.2) is 41.8 Å². The predicted octanol–water partition coefficient (Wildman–Crippen LogP) is 5.01. The van der Waals surface area contributed by atoms with Gasteiger partial charge in [0.15, 0.2) is 5.82 Å². The highest BCUT2D eigenvalue weighted by Crippen LogP contribution is 2.21. The maximum absolute atomic E-state index is 4.74. The zero-order chi connectivity index (χ0) is 18.2. The summed E-state index contributed by atoms with van der Waals surface area (Å²) in [4.78, 5) is 13.1. The van der Waals surface area contributed by atoms with Crippen molar-refractivity contribution in [1.82, 2.24) is 14.9 Å². The van der Waals surface area contributed by atoms with Crippen molar-refractivity contribution < 1.29 is 0 Å². The lowest BCUT2D eigenvalue weighted by Crippen LogP contribution is -2.25. The van der Waals surface area contributed by atoms with Gasteiger partial charge in [-0.3, -0.25) is 0 Å². The van der Waals surface area contributed by atoms with Crippen LogP contribution >= 0.6 is 11.3 Å². The Kier molecular flexibility index (Phi) is 6.75. The van der Waals surface area contributed by atoms with Crippen LogP contribution in [0.25, 0.3) is 23.1 Å². The van der Waals surface area contributed by atoms with E-state index >= 15 is 0 Å². The molecule has 0 atom stereocenters. The standard InChI is InChI=1S/C21H26N4S/c1-3-25(4-2)15-8-14-22-21-18-10-5-6-11-19(18)23-20(24-21)13-12-17-9-7-16-26-17/h5-7,9-13,16H,3-4,8,14-15H2,1-2H3,(H,22,23,24)/b13-12+. The molecular formula is C21H26N4S. The van der Waals surface area contributed by atoms with Crippen LogP contribution in [0.2, 0.25) is 0 Å². The van der Waals surface area contributed by atoms with E-state index in [1.54, 1.807) is 11.3 Å². The zero-order valence-corrected chi connectivity index (χ0v) is 16.3. The third-order valence-corrected chi connectivity index (χ3v) is 5.24. The molecule has 0 aliphatic heterocycles. The van der Waals surface area contributed by atoms with Gasteiger partial charge in [0, 0.05) is 16.8 Å². The average molecular weight is 367 g/mol. The fraction of sp³-hybridized carbons (Fsp3) is 0.333. The first-order chi connectivity index (χ1) is 12.8. The number of aromatic nitrogens is 2. The molecule has 0 amide bonds. The van der Waals surface area contributed by atoms with Crippen LogP contribution in [-0.4, -0.2) is 41.0 Å². The van der Waals surface area contributed by atoms with Crippen molar-refractivity contribution in [2.45, 2.75) is 20.3 Å². The van der Waals surface area contributed by atoms with Crippen LogP contribution in [0.3, 0.4) is 0 Å². The molecule has 1 N–H and O–H groups in total. The first kappa shape index (κ1) is 18.5. The first-order valence-electron chi connectivity index (χ1n) is 9.24. The molecule has 0 aliphatic rings. The molecule has 136 valence electrons. The number of thiophene rings is 1. The SMILES string of the molecule is CCN(CC)CCCNc1nc(/C=C/c2cccs2)nc2ccccc12. The fourth-order valence-electron chi connectivity index (χ4n) is 2.90. The van der Waals surface area contributed by atoms with Gasteiger partial charge in [-0.2, -0.15) is 0 Å². The van der Waals surface area contributed by atoms with Gasteiger partial charge in [-0.1, -0.05) is 32.0 Å². The molecule has 0 spiro atoms. The van der Waals surface area contributed by atoms with Crippen LogP contribution in [0.4, 0.5) is 5.82 Å². The molecule has 0 saturated carbocycles. The number of nitrogens with zero attached hydrogens (tertiary/aromatic N) is 3. The number of hydrogen-bond donors (Lipinski definition) is 1. The van der Waals surface area contributed by atoms with Gasteiger partial charge in [-0.15, -0.1) is 11.3 Å². The van der Waals surface area contributed by atoms with Crippen molar-refractivity contribution in [2.24, 2.45) is 0 Å². The lowest BCUT2D eigenvalue weighted by atomic mass is 10.2. The van der Waals surface area contributed by atoms with Crippen molar-refractivity contribution >= 4 is 40.2 Å². The lowest BCUT2D eigenvalue weighted by molar-refractivity contribution is 0.303. The molecule has 2 aromatic heterocycles. The second kappa shape index (κ2) is 9.46. The van der Waals surface area contributed by atoms with E-state index < -0.39 is 0 Å². The number of fused-ring (bicyclic) bond motifs is 1. The quantitative estimate of drug-likeness (QED) is 0.541. The molecule has 0 saturated heterocycles. The zero-order valence-electron chi connectivity index (χ0n) is 15.5. The van der Waals surface area contributed by atoms with Crippen molar-refractivity contribution in [3.63, 3.8) is 0 Å². The monoisotopic (exact) mass is 366 g/mol. The van der Waals surface area contributed by atoms with Gasteiger partial charge in [0.1, 0.15) is 5.82 Å². The van der Waals surface area contributed by atoms with Crippen molar-refractivity contribution in [3.05, 3.63) is 52.5 Å². The second-order valence-corrected chi connectivity index (χ2v) is 7.08. The number of hydrogen-bond acceptors (Lipinski definition) is 5. The van der Waals surface area contributed by atoms with Gasteiger partial charge >= 0.3 is 0 Å². The van der Waals surface area contributed by atoms with Crippen LogP contribution in [0, 0.1) is 0 Å². The molecule has 2 heterocycles. The minimum atomic E-state index is 0.739. The van der Waals surface area contributed by atoms with Gasteiger partial charge in [0.2, 0.25) is 0 Å². The van der Waals surface area contributed by atoms with Crippen molar-refractivity contribution in [3.8, 4) is 0 Å². The van der Waals surface area contributed by atoms with Gasteiger partial charge < -0.3 is 10.2 Å². The third-order valence-electron chi connectivity index (χ3n) is 4.40. The van der Waals surface area contributed by atoms with Crippen LogP contribution in [0.5, 0.6) is 0 Å². The summed E-state index contributed by atoms with van der Waals surface area (Å²) in [5.74, 6) is 1.66. The highest BCUT2D eigenvalue weighted by atomic mass is 32.1. The van der Waals surface area contributed by atoms with Crippen molar-refractivity contribution in [1.29, 1.82) is 0 Å². The van der Waals surface area contributed by atoms with Gasteiger partial charge in [-0.25, -0.2) is 9.97 Å². The van der Waals surface area contributed by atoms with Gasteiger partial charge in [0.05, 0.1) is 5.52 Å². The summed E-state index contributed by atoms with van der Waals surface area (Å²) in [6.45, 7) is 8.64. The Bertz CT molecular complexity index is 838. The topological polar surface area (TPSA) is 41.0 Å². The van der Waals surface area contributed by atoms with E-state index in [2.05, 4.69) is 58.7 Å². The summed E-state index contributed by atoms with van der Waals surface area (Å²) in [6.07, 6.45) is 5.15.